The normalized spacial score (nSPS) is 11.9. The molecule has 0 saturated carbocycles. The van der Waals surface area contributed by atoms with E-state index in [1.165, 1.54) is 5.56 Å². The number of unbranched alkanes of at least 4 members (excludes halogenated alkanes) is 2. The standard InChI is InChI=1S/C34H43N3O3/c1-5-26(3)28-16-18-29(19-17-28)39-22-21-37-31-12-9-8-11-30(31)36-33(37)13-7-6-10-20-35-34(38)24-40-32-23-25(2)14-15-27(32)4/h8-9,11-12,14-19,23,26H,5-7,10,13,20-22,24H2,1-4H3,(H,35,38). The minimum absolute atomic E-state index is 0.0401. The molecule has 3 aromatic carbocycles. The molecule has 0 aliphatic carbocycles. The van der Waals surface area contributed by atoms with E-state index < -0.39 is 0 Å². The van der Waals surface area contributed by atoms with Crippen molar-refractivity contribution in [2.24, 2.45) is 0 Å². The van der Waals surface area contributed by atoms with E-state index in [0.29, 0.717) is 19.1 Å². The monoisotopic (exact) mass is 541 g/mol. The highest BCUT2D eigenvalue weighted by Gasteiger charge is 2.11. The molecule has 1 atom stereocenters. The van der Waals surface area contributed by atoms with Crippen LogP contribution >= 0.6 is 0 Å². The Morgan fingerprint density at radius 3 is 2.58 bits per heavy atom. The molecule has 0 aliphatic heterocycles. The Morgan fingerprint density at radius 1 is 0.975 bits per heavy atom. The Balaban J connectivity index is 1.21. The molecule has 0 radical (unpaired) electrons. The van der Waals surface area contributed by atoms with Gasteiger partial charge in [-0.25, -0.2) is 4.98 Å². The zero-order valence-electron chi connectivity index (χ0n) is 24.4. The molecule has 6 heteroatoms. The number of amides is 1. The summed E-state index contributed by atoms with van der Waals surface area (Å²) in [5, 5.41) is 2.97. The molecule has 4 aromatic rings. The lowest BCUT2D eigenvalue weighted by molar-refractivity contribution is -0.123. The lowest BCUT2D eigenvalue weighted by Crippen LogP contribution is -2.29. The van der Waals surface area contributed by atoms with Crippen molar-refractivity contribution in [2.45, 2.75) is 72.3 Å². The molecule has 0 bridgehead atoms. The van der Waals surface area contributed by atoms with E-state index in [1.807, 2.05) is 38.1 Å². The fourth-order valence-corrected chi connectivity index (χ4v) is 4.82. The molecule has 4 rings (SSSR count). The van der Waals surface area contributed by atoms with Gasteiger partial charge < -0.3 is 19.4 Å². The molecule has 1 heterocycles. The number of carbonyl (C=O) groups excluding carboxylic acids is 1. The summed E-state index contributed by atoms with van der Waals surface area (Å²) in [7, 11) is 0. The summed E-state index contributed by atoms with van der Waals surface area (Å²) in [5.41, 5.74) is 5.67. The summed E-state index contributed by atoms with van der Waals surface area (Å²) in [6, 6.07) is 22.8. The molecule has 0 saturated heterocycles. The van der Waals surface area contributed by atoms with Crippen LogP contribution in [0.4, 0.5) is 0 Å². The van der Waals surface area contributed by atoms with Gasteiger partial charge in [-0.1, -0.05) is 56.7 Å². The number of nitrogens with zero attached hydrogens (tertiary/aromatic N) is 2. The van der Waals surface area contributed by atoms with Crippen LogP contribution in [0.2, 0.25) is 0 Å². The zero-order valence-corrected chi connectivity index (χ0v) is 24.4. The maximum Gasteiger partial charge on any atom is 0.257 e. The van der Waals surface area contributed by atoms with Crippen LogP contribution in [0.1, 0.15) is 68.0 Å². The average Bonchev–Trinajstić information content (AvgIpc) is 3.32. The van der Waals surface area contributed by atoms with Crippen LogP contribution in [0.3, 0.4) is 0 Å². The van der Waals surface area contributed by atoms with E-state index in [4.69, 9.17) is 14.5 Å². The minimum atomic E-state index is -0.0859. The van der Waals surface area contributed by atoms with Gasteiger partial charge in [-0.15, -0.1) is 0 Å². The van der Waals surface area contributed by atoms with E-state index >= 15 is 0 Å². The van der Waals surface area contributed by atoms with Crippen LogP contribution < -0.4 is 14.8 Å². The van der Waals surface area contributed by atoms with Crippen LogP contribution in [0.5, 0.6) is 11.5 Å². The lowest BCUT2D eigenvalue weighted by atomic mass is 9.99. The van der Waals surface area contributed by atoms with Crippen molar-refractivity contribution < 1.29 is 14.3 Å². The van der Waals surface area contributed by atoms with E-state index in [9.17, 15) is 4.79 Å². The Labute approximate surface area is 238 Å². The van der Waals surface area contributed by atoms with Gasteiger partial charge in [0.2, 0.25) is 0 Å². The van der Waals surface area contributed by atoms with E-state index in [2.05, 4.69) is 66.2 Å². The number of benzene rings is 3. The van der Waals surface area contributed by atoms with Crippen molar-refractivity contribution >= 4 is 16.9 Å². The molecule has 1 aromatic heterocycles. The zero-order chi connectivity index (χ0) is 28.3. The predicted octanol–water partition coefficient (Wildman–Crippen LogP) is 7.15. The summed E-state index contributed by atoms with van der Waals surface area (Å²) >= 11 is 0. The first-order valence-electron chi connectivity index (χ1n) is 14.6. The van der Waals surface area contributed by atoms with Crippen molar-refractivity contribution in [3.63, 3.8) is 0 Å². The second kappa shape index (κ2) is 14.5. The van der Waals surface area contributed by atoms with Gasteiger partial charge in [0.15, 0.2) is 6.61 Å². The number of ether oxygens (including phenoxy) is 2. The molecule has 1 unspecified atom stereocenters. The summed E-state index contributed by atoms with van der Waals surface area (Å²) in [6.45, 7) is 10.5. The Morgan fingerprint density at radius 2 is 1.77 bits per heavy atom. The molecule has 40 heavy (non-hydrogen) atoms. The average molecular weight is 542 g/mol. The molecule has 212 valence electrons. The third-order valence-corrected chi connectivity index (χ3v) is 7.48. The SMILES string of the molecule is CCC(C)c1ccc(OCCn2c(CCCCCNC(=O)COc3cc(C)ccc3C)nc3ccccc32)cc1. The number of hydrogen-bond donors (Lipinski definition) is 1. The van der Waals surface area contributed by atoms with Crippen LogP contribution in [-0.4, -0.2) is 35.2 Å². The second-order valence-electron chi connectivity index (χ2n) is 10.6. The smallest absolute Gasteiger partial charge is 0.257 e. The van der Waals surface area contributed by atoms with E-state index in [0.717, 1.165) is 78.1 Å². The third-order valence-electron chi connectivity index (χ3n) is 7.48. The Bertz CT molecular complexity index is 1380. The van der Waals surface area contributed by atoms with Gasteiger partial charge in [0.05, 0.1) is 17.6 Å². The summed E-state index contributed by atoms with van der Waals surface area (Å²) in [5.74, 6) is 3.23. The van der Waals surface area contributed by atoms with Gasteiger partial charge >= 0.3 is 0 Å². The van der Waals surface area contributed by atoms with Crippen molar-refractivity contribution in [3.05, 3.63) is 89.2 Å². The number of nitrogens with one attached hydrogen (secondary N) is 1. The largest absolute Gasteiger partial charge is 0.492 e. The van der Waals surface area contributed by atoms with Crippen LogP contribution in [-0.2, 0) is 17.8 Å². The highest BCUT2D eigenvalue weighted by atomic mass is 16.5. The number of aromatic nitrogens is 2. The Kier molecular flexibility index (Phi) is 10.6. The predicted molar refractivity (Wildman–Crippen MR) is 162 cm³/mol. The fraction of sp³-hybridized carbons (Fsp3) is 0.412. The van der Waals surface area contributed by atoms with E-state index in [-0.39, 0.29) is 12.5 Å². The number of carbonyl (C=O) groups is 1. The first kappa shape index (κ1) is 29.2. The first-order valence-corrected chi connectivity index (χ1v) is 14.6. The summed E-state index contributed by atoms with van der Waals surface area (Å²) in [6.07, 6.45) is 4.97. The van der Waals surface area contributed by atoms with Crippen LogP contribution in [0.25, 0.3) is 11.0 Å². The number of aryl methyl sites for hydroxylation is 3. The summed E-state index contributed by atoms with van der Waals surface area (Å²) < 4.78 is 14.1. The molecule has 0 fully saturated rings. The minimum Gasteiger partial charge on any atom is -0.492 e. The van der Waals surface area contributed by atoms with Crippen molar-refractivity contribution in [2.75, 3.05) is 19.8 Å². The maximum absolute atomic E-state index is 12.2. The second-order valence-corrected chi connectivity index (χ2v) is 10.6. The quantitative estimate of drug-likeness (QED) is 0.162. The number of para-hydroxylation sites is 2. The lowest BCUT2D eigenvalue weighted by Gasteiger charge is -2.13. The maximum atomic E-state index is 12.2. The number of rotatable bonds is 15. The van der Waals surface area contributed by atoms with Crippen molar-refractivity contribution in [1.29, 1.82) is 0 Å². The molecule has 6 nitrogen and oxygen atoms in total. The highest BCUT2D eigenvalue weighted by Crippen LogP contribution is 2.22. The van der Waals surface area contributed by atoms with Crippen LogP contribution in [0, 0.1) is 13.8 Å². The Hall–Kier alpha value is -3.80. The van der Waals surface area contributed by atoms with Gasteiger partial charge in [-0.2, -0.15) is 0 Å². The third kappa shape index (κ3) is 8.10. The highest BCUT2D eigenvalue weighted by molar-refractivity contribution is 5.77. The van der Waals surface area contributed by atoms with Gasteiger partial charge in [-0.3, -0.25) is 4.79 Å². The number of imidazole rings is 1. The van der Waals surface area contributed by atoms with Crippen LogP contribution in [0.15, 0.2) is 66.7 Å². The molecule has 1 N–H and O–H groups in total. The first-order chi connectivity index (χ1) is 19.4. The van der Waals surface area contributed by atoms with Gasteiger partial charge in [0.25, 0.3) is 5.91 Å². The molecule has 1 amide bonds. The number of hydrogen-bond acceptors (Lipinski definition) is 4. The summed E-state index contributed by atoms with van der Waals surface area (Å²) in [4.78, 5) is 17.1. The van der Waals surface area contributed by atoms with Gasteiger partial charge in [-0.05, 0) is 86.1 Å². The molecule has 0 aliphatic rings. The molecular weight excluding hydrogens is 498 g/mol. The topological polar surface area (TPSA) is 65.4 Å². The van der Waals surface area contributed by atoms with Crippen molar-refractivity contribution in [3.8, 4) is 11.5 Å². The fourth-order valence-electron chi connectivity index (χ4n) is 4.82. The molecular formula is C34H43N3O3. The van der Waals surface area contributed by atoms with Gasteiger partial charge in [0, 0.05) is 13.0 Å². The number of fused-ring (bicyclic) bond motifs is 1. The van der Waals surface area contributed by atoms with Gasteiger partial charge in [0.1, 0.15) is 23.9 Å². The van der Waals surface area contributed by atoms with E-state index in [1.54, 1.807) is 0 Å². The van der Waals surface area contributed by atoms with Crippen molar-refractivity contribution in [1.82, 2.24) is 14.9 Å². The molecule has 0 spiro atoms.